The Morgan fingerprint density at radius 2 is 2.00 bits per heavy atom. The van der Waals surface area contributed by atoms with E-state index in [2.05, 4.69) is 10.3 Å². The van der Waals surface area contributed by atoms with Gasteiger partial charge in [-0.05, 0) is 56.4 Å². The molecule has 5 nitrogen and oxygen atoms in total. The van der Waals surface area contributed by atoms with Crippen LogP contribution in [0.25, 0.3) is 0 Å². The number of hydrogen-bond donors (Lipinski definition) is 1. The summed E-state index contributed by atoms with van der Waals surface area (Å²) in [4.78, 5) is 16.3. The first kappa shape index (κ1) is 17.3. The van der Waals surface area contributed by atoms with Crippen molar-refractivity contribution in [1.29, 1.82) is 0 Å². The Bertz CT molecular complexity index is 682. The molecule has 0 atom stereocenters. The molecule has 1 aliphatic carbocycles. The van der Waals surface area contributed by atoms with E-state index in [0.29, 0.717) is 5.88 Å². The van der Waals surface area contributed by atoms with E-state index in [1.165, 1.54) is 0 Å². The van der Waals surface area contributed by atoms with Crippen molar-refractivity contribution in [2.24, 2.45) is 0 Å². The van der Waals surface area contributed by atoms with Gasteiger partial charge in [0, 0.05) is 18.3 Å². The number of aromatic nitrogens is 1. The van der Waals surface area contributed by atoms with Crippen molar-refractivity contribution in [3.05, 3.63) is 54.2 Å². The quantitative estimate of drug-likeness (QED) is 0.877. The summed E-state index contributed by atoms with van der Waals surface area (Å²) in [5.74, 6) is 1.32. The van der Waals surface area contributed by atoms with Crippen LogP contribution in [0.3, 0.4) is 0 Å². The minimum absolute atomic E-state index is 0.0494. The van der Waals surface area contributed by atoms with E-state index in [1.54, 1.807) is 6.20 Å². The fraction of sp³-hybridized carbons (Fsp3) is 0.400. The van der Waals surface area contributed by atoms with E-state index in [9.17, 15) is 4.79 Å². The van der Waals surface area contributed by atoms with E-state index in [1.807, 2.05) is 49.4 Å². The molecule has 0 unspecified atom stereocenters. The topological polar surface area (TPSA) is 60.5 Å². The van der Waals surface area contributed by atoms with Gasteiger partial charge in [-0.1, -0.05) is 18.2 Å². The lowest BCUT2D eigenvalue weighted by Gasteiger charge is -2.29. The molecule has 0 saturated heterocycles. The van der Waals surface area contributed by atoms with Crippen molar-refractivity contribution in [3.63, 3.8) is 0 Å². The summed E-state index contributed by atoms with van der Waals surface area (Å²) in [5, 5.41) is 3.05. The molecule has 1 aromatic heterocycles. The minimum Gasteiger partial charge on any atom is -0.484 e. The molecule has 132 valence electrons. The van der Waals surface area contributed by atoms with Gasteiger partial charge in [-0.15, -0.1) is 0 Å². The van der Waals surface area contributed by atoms with Crippen LogP contribution in [0.15, 0.2) is 48.7 Å². The maximum atomic E-state index is 12.1. The van der Waals surface area contributed by atoms with Gasteiger partial charge in [0.2, 0.25) is 5.88 Å². The molecule has 1 saturated carbocycles. The highest BCUT2D eigenvalue weighted by Gasteiger charge is 2.23. The lowest BCUT2D eigenvalue weighted by molar-refractivity contribution is -0.124. The molecule has 25 heavy (non-hydrogen) atoms. The van der Waals surface area contributed by atoms with E-state index in [0.717, 1.165) is 37.0 Å². The largest absolute Gasteiger partial charge is 0.484 e. The molecule has 1 aliphatic rings. The van der Waals surface area contributed by atoms with Gasteiger partial charge in [0.15, 0.2) is 6.61 Å². The first-order valence-corrected chi connectivity index (χ1v) is 8.75. The van der Waals surface area contributed by atoms with Crippen molar-refractivity contribution in [2.75, 3.05) is 6.61 Å². The number of carbonyl (C=O) groups is 1. The molecular formula is C20H24N2O3. The van der Waals surface area contributed by atoms with Crippen molar-refractivity contribution < 1.29 is 14.3 Å². The van der Waals surface area contributed by atoms with Crippen LogP contribution < -0.4 is 14.8 Å². The molecule has 1 fully saturated rings. The van der Waals surface area contributed by atoms with Crippen LogP contribution in [0.5, 0.6) is 11.6 Å². The number of carbonyl (C=O) groups excluding carboxylic acids is 1. The van der Waals surface area contributed by atoms with Crippen molar-refractivity contribution in [1.82, 2.24) is 10.3 Å². The Labute approximate surface area is 148 Å². The van der Waals surface area contributed by atoms with E-state index in [4.69, 9.17) is 9.47 Å². The lowest BCUT2D eigenvalue weighted by atomic mass is 9.93. The van der Waals surface area contributed by atoms with Gasteiger partial charge in [-0.3, -0.25) is 4.79 Å². The van der Waals surface area contributed by atoms with Gasteiger partial charge < -0.3 is 14.8 Å². The van der Waals surface area contributed by atoms with Crippen LogP contribution in [-0.4, -0.2) is 29.6 Å². The fourth-order valence-corrected chi connectivity index (χ4v) is 3.04. The fourth-order valence-electron chi connectivity index (χ4n) is 3.04. The summed E-state index contributed by atoms with van der Waals surface area (Å²) in [5.41, 5.74) is 1.11. The average Bonchev–Trinajstić information content (AvgIpc) is 2.63. The minimum atomic E-state index is -0.0735. The normalized spacial score (nSPS) is 19.9. The van der Waals surface area contributed by atoms with Gasteiger partial charge in [-0.2, -0.15) is 0 Å². The van der Waals surface area contributed by atoms with Crippen molar-refractivity contribution in [3.8, 4) is 11.6 Å². The standard InChI is InChI=1S/C20H24N2O3/c1-15-5-4-6-18(13-15)24-14-19(23)22-16-8-10-17(11-9-16)25-20-7-2-3-12-21-20/h2-7,12-13,16-17H,8-11,14H2,1H3,(H,22,23). The monoisotopic (exact) mass is 340 g/mol. The van der Waals surface area contributed by atoms with Crippen LogP contribution in [0.2, 0.25) is 0 Å². The third-order valence-corrected chi connectivity index (χ3v) is 4.32. The summed E-state index contributed by atoms with van der Waals surface area (Å²) in [6.07, 6.45) is 5.56. The smallest absolute Gasteiger partial charge is 0.258 e. The Kier molecular flexibility index (Phi) is 5.88. The zero-order valence-corrected chi connectivity index (χ0v) is 14.5. The number of benzene rings is 1. The maximum absolute atomic E-state index is 12.1. The second-order valence-electron chi connectivity index (χ2n) is 6.43. The molecule has 1 N–H and O–H groups in total. The number of hydrogen-bond acceptors (Lipinski definition) is 4. The highest BCUT2D eigenvalue weighted by molar-refractivity contribution is 5.77. The average molecular weight is 340 g/mol. The molecular weight excluding hydrogens is 316 g/mol. The Morgan fingerprint density at radius 1 is 1.16 bits per heavy atom. The molecule has 2 aromatic rings. The van der Waals surface area contributed by atoms with Gasteiger partial charge in [-0.25, -0.2) is 4.98 Å². The molecule has 0 aliphatic heterocycles. The molecule has 3 rings (SSSR count). The molecule has 1 aromatic carbocycles. The zero-order chi connectivity index (χ0) is 17.5. The second kappa shape index (κ2) is 8.51. The molecule has 5 heteroatoms. The van der Waals surface area contributed by atoms with Crippen LogP contribution in [0, 0.1) is 6.92 Å². The number of aryl methyl sites for hydroxylation is 1. The highest BCUT2D eigenvalue weighted by atomic mass is 16.5. The predicted molar refractivity (Wildman–Crippen MR) is 95.7 cm³/mol. The van der Waals surface area contributed by atoms with Crippen molar-refractivity contribution in [2.45, 2.75) is 44.8 Å². The molecule has 1 heterocycles. The highest BCUT2D eigenvalue weighted by Crippen LogP contribution is 2.22. The lowest BCUT2D eigenvalue weighted by Crippen LogP contribution is -2.41. The first-order chi connectivity index (χ1) is 12.2. The number of amides is 1. The Balaban J connectivity index is 1.37. The summed E-state index contributed by atoms with van der Waals surface area (Å²) in [6.45, 7) is 2.05. The van der Waals surface area contributed by atoms with Gasteiger partial charge in [0.25, 0.3) is 5.91 Å². The van der Waals surface area contributed by atoms with Crippen LogP contribution in [0.4, 0.5) is 0 Å². The number of ether oxygens (including phenoxy) is 2. The molecule has 1 amide bonds. The molecule has 0 radical (unpaired) electrons. The third kappa shape index (κ3) is 5.48. The second-order valence-corrected chi connectivity index (χ2v) is 6.43. The Morgan fingerprint density at radius 3 is 2.72 bits per heavy atom. The number of nitrogens with zero attached hydrogens (tertiary/aromatic N) is 1. The van der Waals surface area contributed by atoms with E-state index >= 15 is 0 Å². The number of pyridine rings is 1. The summed E-state index contributed by atoms with van der Waals surface area (Å²) < 4.78 is 11.4. The molecule has 0 spiro atoms. The van der Waals surface area contributed by atoms with Crippen LogP contribution in [-0.2, 0) is 4.79 Å². The Hall–Kier alpha value is -2.56. The van der Waals surface area contributed by atoms with Gasteiger partial charge in [0.05, 0.1) is 0 Å². The summed E-state index contributed by atoms with van der Waals surface area (Å²) >= 11 is 0. The summed E-state index contributed by atoms with van der Waals surface area (Å²) in [6, 6.07) is 13.6. The molecule has 0 bridgehead atoms. The SMILES string of the molecule is Cc1cccc(OCC(=O)NC2CCC(Oc3ccccn3)CC2)c1. The van der Waals surface area contributed by atoms with Gasteiger partial charge >= 0.3 is 0 Å². The van der Waals surface area contributed by atoms with Crippen LogP contribution >= 0.6 is 0 Å². The predicted octanol–water partition coefficient (Wildman–Crippen LogP) is 3.28. The van der Waals surface area contributed by atoms with E-state index in [-0.39, 0.29) is 24.7 Å². The first-order valence-electron chi connectivity index (χ1n) is 8.75. The van der Waals surface area contributed by atoms with E-state index < -0.39 is 0 Å². The van der Waals surface area contributed by atoms with Crippen LogP contribution in [0.1, 0.15) is 31.2 Å². The maximum Gasteiger partial charge on any atom is 0.258 e. The third-order valence-electron chi connectivity index (χ3n) is 4.32. The zero-order valence-electron chi connectivity index (χ0n) is 14.5. The van der Waals surface area contributed by atoms with Crippen molar-refractivity contribution >= 4 is 5.91 Å². The van der Waals surface area contributed by atoms with Gasteiger partial charge in [0.1, 0.15) is 11.9 Å². The number of rotatable bonds is 6. The number of nitrogens with one attached hydrogen (secondary N) is 1. The summed E-state index contributed by atoms with van der Waals surface area (Å²) in [7, 11) is 0.